The number of rotatable bonds is 6. The van der Waals surface area contributed by atoms with Crippen molar-refractivity contribution in [2.24, 2.45) is 10.9 Å². The van der Waals surface area contributed by atoms with Crippen LogP contribution in [0.15, 0.2) is 39.7 Å². The Labute approximate surface area is 161 Å². The Morgan fingerprint density at radius 2 is 2.07 bits per heavy atom. The molecule has 1 aliphatic heterocycles. The van der Waals surface area contributed by atoms with Gasteiger partial charge in [-0.2, -0.15) is 0 Å². The summed E-state index contributed by atoms with van der Waals surface area (Å²) in [5.41, 5.74) is 0.932. The van der Waals surface area contributed by atoms with Gasteiger partial charge in [0.2, 0.25) is 5.91 Å². The third kappa shape index (κ3) is 5.25. The molecule has 1 saturated heterocycles. The van der Waals surface area contributed by atoms with E-state index in [1.54, 1.807) is 7.05 Å². The SMILES string of the molecule is CCNC(=NCCc1cc2ccccc2o1)N1CCC(CC(=O)NC)CC1. The normalized spacial score (nSPS) is 15.9. The van der Waals surface area contributed by atoms with Gasteiger partial charge in [-0.3, -0.25) is 9.79 Å². The monoisotopic (exact) mass is 370 g/mol. The standard InChI is InChI=1S/C21H30N4O2/c1-3-23-21(25-12-9-16(10-13-25)14-20(26)22-2)24-11-8-18-15-17-6-4-5-7-19(17)27-18/h4-7,15-16H,3,8-14H2,1-2H3,(H,22,26)(H,23,24). The van der Waals surface area contributed by atoms with Crippen LogP contribution in [0.25, 0.3) is 11.0 Å². The van der Waals surface area contributed by atoms with Gasteiger partial charge < -0.3 is 20.0 Å². The van der Waals surface area contributed by atoms with Crippen LogP contribution in [0.5, 0.6) is 0 Å². The molecule has 2 aromatic rings. The Morgan fingerprint density at radius 1 is 1.30 bits per heavy atom. The molecule has 1 fully saturated rings. The average Bonchev–Trinajstić information content (AvgIpc) is 3.10. The highest BCUT2D eigenvalue weighted by Gasteiger charge is 2.23. The Hall–Kier alpha value is -2.50. The number of aliphatic imine (C=N–C) groups is 1. The summed E-state index contributed by atoms with van der Waals surface area (Å²) < 4.78 is 5.88. The average molecular weight is 370 g/mol. The van der Waals surface area contributed by atoms with Gasteiger partial charge in [-0.15, -0.1) is 0 Å². The number of fused-ring (bicyclic) bond motifs is 1. The summed E-state index contributed by atoms with van der Waals surface area (Å²) in [7, 11) is 1.70. The number of benzene rings is 1. The lowest BCUT2D eigenvalue weighted by Gasteiger charge is -2.34. The largest absolute Gasteiger partial charge is 0.461 e. The van der Waals surface area contributed by atoms with E-state index in [4.69, 9.17) is 9.41 Å². The highest BCUT2D eigenvalue weighted by Crippen LogP contribution is 2.21. The van der Waals surface area contributed by atoms with Crippen molar-refractivity contribution >= 4 is 22.8 Å². The molecule has 2 N–H and O–H groups in total. The summed E-state index contributed by atoms with van der Waals surface area (Å²) in [5, 5.41) is 7.26. The summed E-state index contributed by atoms with van der Waals surface area (Å²) in [6.07, 6.45) is 3.48. The Balaban J connectivity index is 1.54. The molecule has 0 radical (unpaired) electrons. The fraction of sp³-hybridized carbons (Fsp3) is 0.524. The van der Waals surface area contributed by atoms with Gasteiger partial charge in [-0.05, 0) is 37.8 Å². The number of nitrogens with zero attached hydrogens (tertiary/aromatic N) is 2. The quantitative estimate of drug-likeness (QED) is 0.606. The number of para-hydroxylation sites is 1. The molecule has 1 aromatic carbocycles. The molecule has 27 heavy (non-hydrogen) atoms. The first kappa shape index (κ1) is 19.3. The topological polar surface area (TPSA) is 69.9 Å². The first-order valence-electron chi connectivity index (χ1n) is 9.91. The van der Waals surface area contributed by atoms with Crippen molar-refractivity contribution in [1.29, 1.82) is 0 Å². The Kier molecular flexibility index (Phi) is 6.74. The smallest absolute Gasteiger partial charge is 0.220 e. The van der Waals surface area contributed by atoms with E-state index in [0.717, 1.165) is 61.6 Å². The minimum atomic E-state index is 0.139. The molecule has 0 bridgehead atoms. The molecule has 6 heteroatoms. The van der Waals surface area contributed by atoms with E-state index in [1.807, 2.05) is 18.2 Å². The molecule has 6 nitrogen and oxygen atoms in total. The number of piperidine rings is 1. The van der Waals surface area contributed by atoms with Crippen molar-refractivity contribution in [1.82, 2.24) is 15.5 Å². The molecule has 1 amide bonds. The molecule has 0 saturated carbocycles. The number of carbonyl (C=O) groups excluding carboxylic acids is 1. The molecule has 0 aliphatic carbocycles. The number of likely N-dealkylation sites (tertiary alicyclic amines) is 1. The van der Waals surface area contributed by atoms with Crippen LogP contribution in [0.3, 0.4) is 0 Å². The maximum absolute atomic E-state index is 11.6. The van der Waals surface area contributed by atoms with Gasteiger partial charge in [-0.25, -0.2) is 0 Å². The van der Waals surface area contributed by atoms with E-state index in [-0.39, 0.29) is 5.91 Å². The number of hydrogen-bond acceptors (Lipinski definition) is 3. The van der Waals surface area contributed by atoms with Crippen molar-refractivity contribution < 1.29 is 9.21 Å². The maximum Gasteiger partial charge on any atom is 0.220 e. The minimum Gasteiger partial charge on any atom is -0.461 e. The van der Waals surface area contributed by atoms with E-state index in [0.29, 0.717) is 18.9 Å². The van der Waals surface area contributed by atoms with Crippen LogP contribution in [-0.4, -0.2) is 50.0 Å². The second-order valence-electron chi connectivity index (χ2n) is 7.04. The molecule has 0 unspecified atom stereocenters. The maximum atomic E-state index is 11.6. The van der Waals surface area contributed by atoms with Gasteiger partial charge in [0, 0.05) is 51.5 Å². The number of guanidine groups is 1. The highest BCUT2D eigenvalue weighted by molar-refractivity contribution is 5.80. The predicted octanol–water partition coefficient (Wildman–Crippen LogP) is 2.79. The second kappa shape index (κ2) is 9.44. The van der Waals surface area contributed by atoms with Gasteiger partial charge in [-0.1, -0.05) is 18.2 Å². The lowest BCUT2D eigenvalue weighted by atomic mass is 9.93. The summed E-state index contributed by atoms with van der Waals surface area (Å²) in [4.78, 5) is 18.7. The van der Waals surface area contributed by atoms with Crippen molar-refractivity contribution in [3.05, 3.63) is 36.1 Å². The lowest BCUT2D eigenvalue weighted by molar-refractivity contribution is -0.121. The first-order valence-corrected chi connectivity index (χ1v) is 9.91. The number of amides is 1. The second-order valence-corrected chi connectivity index (χ2v) is 7.04. The van der Waals surface area contributed by atoms with Gasteiger partial charge >= 0.3 is 0 Å². The van der Waals surface area contributed by atoms with Gasteiger partial charge in [0.1, 0.15) is 11.3 Å². The van der Waals surface area contributed by atoms with E-state index < -0.39 is 0 Å². The minimum absolute atomic E-state index is 0.139. The number of hydrogen-bond donors (Lipinski definition) is 2. The Morgan fingerprint density at radius 3 is 2.78 bits per heavy atom. The number of furan rings is 1. The summed E-state index contributed by atoms with van der Waals surface area (Å²) >= 11 is 0. The summed E-state index contributed by atoms with van der Waals surface area (Å²) in [6, 6.07) is 10.2. The van der Waals surface area contributed by atoms with Crippen LogP contribution in [-0.2, 0) is 11.2 Å². The lowest BCUT2D eigenvalue weighted by Crippen LogP contribution is -2.46. The van der Waals surface area contributed by atoms with Crippen LogP contribution >= 0.6 is 0 Å². The van der Waals surface area contributed by atoms with Crippen molar-refractivity contribution in [3.63, 3.8) is 0 Å². The third-order valence-corrected chi connectivity index (χ3v) is 5.10. The Bertz CT molecular complexity index is 742. The third-order valence-electron chi connectivity index (χ3n) is 5.10. The zero-order chi connectivity index (χ0) is 19.1. The molecule has 0 atom stereocenters. The zero-order valence-corrected chi connectivity index (χ0v) is 16.3. The van der Waals surface area contributed by atoms with Crippen LogP contribution in [0.1, 0.15) is 31.9 Å². The molecule has 1 aliphatic rings. The highest BCUT2D eigenvalue weighted by atomic mass is 16.3. The van der Waals surface area contributed by atoms with Crippen LogP contribution in [0, 0.1) is 5.92 Å². The molecule has 3 rings (SSSR count). The number of carbonyl (C=O) groups is 1. The zero-order valence-electron chi connectivity index (χ0n) is 16.3. The van der Waals surface area contributed by atoms with Crippen molar-refractivity contribution in [2.45, 2.75) is 32.6 Å². The number of nitrogens with one attached hydrogen (secondary N) is 2. The van der Waals surface area contributed by atoms with Gasteiger partial charge in [0.25, 0.3) is 0 Å². The molecule has 146 valence electrons. The fourth-order valence-corrected chi connectivity index (χ4v) is 3.57. The van der Waals surface area contributed by atoms with Gasteiger partial charge in [0.15, 0.2) is 5.96 Å². The first-order chi connectivity index (χ1) is 13.2. The van der Waals surface area contributed by atoms with E-state index in [2.05, 4.69) is 34.6 Å². The molecule has 2 heterocycles. The molecule has 1 aromatic heterocycles. The predicted molar refractivity (Wildman–Crippen MR) is 109 cm³/mol. The molecular weight excluding hydrogens is 340 g/mol. The summed E-state index contributed by atoms with van der Waals surface area (Å²) in [5.74, 6) is 2.55. The van der Waals surface area contributed by atoms with E-state index >= 15 is 0 Å². The van der Waals surface area contributed by atoms with Crippen LogP contribution < -0.4 is 10.6 Å². The van der Waals surface area contributed by atoms with E-state index in [1.165, 1.54) is 0 Å². The van der Waals surface area contributed by atoms with Crippen molar-refractivity contribution in [2.75, 3.05) is 33.2 Å². The molecule has 0 spiro atoms. The van der Waals surface area contributed by atoms with E-state index in [9.17, 15) is 4.79 Å². The van der Waals surface area contributed by atoms with Crippen LogP contribution in [0.2, 0.25) is 0 Å². The fourth-order valence-electron chi connectivity index (χ4n) is 3.57. The van der Waals surface area contributed by atoms with Crippen LogP contribution in [0.4, 0.5) is 0 Å². The van der Waals surface area contributed by atoms with Gasteiger partial charge in [0.05, 0.1) is 0 Å². The summed E-state index contributed by atoms with van der Waals surface area (Å²) in [6.45, 7) is 5.52. The molecular formula is C21H30N4O2. The van der Waals surface area contributed by atoms with Crippen molar-refractivity contribution in [3.8, 4) is 0 Å².